The molecule has 0 aromatic carbocycles. The van der Waals surface area contributed by atoms with Crippen molar-refractivity contribution in [3.63, 3.8) is 0 Å². The largest absolute Gasteiger partial charge is 0.417 e. The zero-order chi connectivity index (χ0) is 20.7. The van der Waals surface area contributed by atoms with Crippen molar-refractivity contribution in [3.8, 4) is 0 Å². The van der Waals surface area contributed by atoms with Crippen molar-refractivity contribution in [3.05, 3.63) is 24.4 Å². The van der Waals surface area contributed by atoms with Crippen molar-refractivity contribution >= 4 is 14.1 Å². The third-order valence-corrected chi connectivity index (χ3v) is 12.7. The van der Waals surface area contributed by atoms with Crippen LogP contribution in [0.2, 0.25) is 18.1 Å². The maximum absolute atomic E-state index is 13.6. The lowest BCUT2D eigenvalue weighted by Gasteiger charge is -2.44. The third-order valence-electron chi connectivity index (χ3n) is 8.20. The Morgan fingerprint density at radius 2 is 2.11 bits per heavy atom. The molecule has 0 aromatic rings. The molecular weight excluding hydrogens is 362 g/mol. The lowest BCUT2D eigenvalue weighted by atomic mass is 9.69. The molecule has 3 rings (SSSR count). The second-order valence-corrected chi connectivity index (χ2v) is 15.8. The summed E-state index contributed by atoms with van der Waals surface area (Å²) >= 11 is 0. The van der Waals surface area contributed by atoms with Gasteiger partial charge in [-0.1, -0.05) is 33.8 Å². The van der Waals surface area contributed by atoms with Crippen LogP contribution in [-0.4, -0.2) is 38.2 Å². The van der Waals surface area contributed by atoms with Crippen molar-refractivity contribution in [1.82, 2.24) is 4.90 Å². The van der Waals surface area contributed by atoms with Gasteiger partial charge in [-0.25, -0.2) is 0 Å². The summed E-state index contributed by atoms with van der Waals surface area (Å²) in [6.07, 6.45) is 10.1. The molecule has 2 aliphatic heterocycles. The number of Topliss-reactive ketones (excluding diaryl/α,β-unsaturated/α-hetero) is 1. The van der Waals surface area contributed by atoms with Crippen molar-refractivity contribution in [2.24, 2.45) is 17.3 Å². The normalized spacial score (nSPS) is 32.5. The molecule has 0 amide bonds. The summed E-state index contributed by atoms with van der Waals surface area (Å²) in [4.78, 5) is 16.2. The number of ketones is 1. The maximum Gasteiger partial charge on any atom is 0.191 e. The number of hydrogen-bond acceptors (Lipinski definition) is 3. The molecule has 0 aromatic heterocycles. The molecule has 1 saturated carbocycles. The Bertz CT molecular complexity index is 647. The molecule has 2 fully saturated rings. The van der Waals surface area contributed by atoms with Gasteiger partial charge in [-0.15, -0.1) is 6.58 Å². The van der Waals surface area contributed by atoms with E-state index in [1.165, 1.54) is 6.42 Å². The summed E-state index contributed by atoms with van der Waals surface area (Å²) in [5, 5.41) is 0.239. The summed E-state index contributed by atoms with van der Waals surface area (Å²) in [5.74, 6) is 1.82. The first-order valence-electron chi connectivity index (χ1n) is 11.3. The van der Waals surface area contributed by atoms with Crippen LogP contribution in [-0.2, 0) is 9.22 Å². The van der Waals surface area contributed by atoms with Crippen LogP contribution >= 0.6 is 0 Å². The van der Waals surface area contributed by atoms with Crippen LogP contribution < -0.4 is 0 Å². The predicted molar refractivity (Wildman–Crippen MR) is 120 cm³/mol. The van der Waals surface area contributed by atoms with E-state index in [1.54, 1.807) is 0 Å². The van der Waals surface area contributed by atoms with Crippen LogP contribution in [0.5, 0.6) is 0 Å². The first-order valence-corrected chi connectivity index (χ1v) is 14.2. The van der Waals surface area contributed by atoms with E-state index < -0.39 is 8.32 Å². The molecule has 28 heavy (non-hydrogen) atoms. The molecule has 4 heteroatoms. The quantitative estimate of drug-likeness (QED) is 0.285. The van der Waals surface area contributed by atoms with Crippen LogP contribution in [0.15, 0.2) is 24.4 Å². The van der Waals surface area contributed by atoms with E-state index >= 15 is 0 Å². The molecule has 0 bridgehead atoms. The molecule has 0 radical (unpaired) electrons. The molecule has 3 aliphatic rings. The van der Waals surface area contributed by atoms with Gasteiger partial charge in [0, 0.05) is 31.0 Å². The Labute approximate surface area is 173 Å². The zero-order valence-corrected chi connectivity index (χ0v) is 20.0. The summed E-state index contributed by atoms with van der Waals surface area (Å²) in [6, 6.07) is 0.426. The lowest BCUT2D eigenvalue weighted by molar-refractivity contribution is -0.129. The van der Waals surface area contributed by atoms with Gasteiger partial charge in [-0.2, -0.15) is 0 Å². The highest BCUT2D eigenvalue weighted by atomic mass is 28.4. The minimum atomic E-state index is -1.72. The Hall–Kier alpha value is -0.873. The fourth-order valence-electron chi connectivity index (χ4n) is 5.59. The van der Waals surface area contributed by atoms with E-state index in [9.17, 15) is 4.79 Å². The van der Waals surface area contributed by atoms with Crippen LogP contribution in [0, 0.1) is 17.3 Å². The standard InChI is InChI=1S/C24H41NO2Si/c1-8-9-11-19-17-25-16-18(2)20-12-14-24(21(20)25,22(19)26)13-10-15-27-28(6,7)23(3,4)5/h8,17-18,20-21H,1,9-16H2,2-7H3/t18-,20-,21+,24-/m1/s1. The second-order valence-electron chi connectivity index (χ2n) is 11.0. The van der Waals surface area contributed by atoms with Gasteiger partial charge in [0.1, 0.15) is 0 Å². The molecular formula is C24H41NO2Si. The van der Waals surface area contributed by atoms with E-state index in [0.29, 0.717) is 23.7 Å². The zero-order valence-electron chi connectivity index (χ0n) is 19.0. The SMILES string of the molecule is C=CCCC1=CN2C[C@@H](C)[C@H]3CC[C@@](CCCO[Si](C)(C)C(C)(C)C)(C1=O)[C@H]32. The average Bonchev–Trinajstić information content (AvgIpc) is 3.14. The summed E-state index contributed by atoms with van der Waals surface area (Å²) < 4.78 is 6.43. The summed E-state index contributed by atoms with van der Waals surface area (Å²) in [6.45, 7) is 19.6. The van der Waals surface area contributed by atoms with Gasteiger partial charge >= 0.3 is 0 Å². The van der Waals surface area contributed by atoms with Gasteiger partial charge in [0.05, 0.1) is 5.41 Å². The van der Waals surface area contributed by atoms with Crippen molar-refractivity contribution in [2.45, 2.75) is 90.4 Å². The molecule has 0 N–H and O–H groups in total. The lowest BCUT2D eigenvalue weighted by Crippen LogP contribution is -2.50. The fourth-order valence-corrected chi connectivity index (χ4v) is 6.68. The number of carbonyl (C=O) groups excluding carboxylic acids is 1. The van der Waals surface area contributed by atoms with Gasteiger partial charge < -0.3 is 9.33 Å². The number of hydrogen-bond donors (Lipinski definition) is 0. The van der Waals surface area contributed by atoms with Crippen molar-refractivity contribution in [2.75, 3.05) is 13.2 Å². The van der Waals surface area contributed by atoms with Gasteiger partial charge in [-0.05, 0) is 68.5 Å². The third kappa shape index (κ3) is 3.67. The van der Waals surface area contributed by atoms with E-state index in [-0.39, 0.29) is 10.5 Å². The summed E-state index contributed by atoms with van der Waals surface area (Å²) in [7, 11) is -1.72. The molecule has 1 saturated heterocycles. The van der Waals surface area contributed by atoms with Gasteiger partial charge in [0.25, 0.3) is 0 Å². The molecule has 0 spiro atoms. The van der Waals surface area contributed by atoms with Gasteiger partial charge in [0.15, 0.2) is 14.1 Å². The van der Waals surface area contributed by atoms with Crippen LogP contribution in [0.3, 0.4) is 0 Å². The summed E-state index contributed by atoms with van der Waals surface area (Å²) in [5.41, 5.74) is 0.869. The van der Waals surface area contributed by atoms with Crippen LogP contribution in [0.25, 0.3) is 0 Å². The molecule has 2 heterocycles. The molecule has 1 aliphatic carbocycles. The maximum atomic E-state index is 13.6. The van der Waals surface area contributed by atoms with E-state index in [0.717, 1.165) is 50.8 Å². The van der Waals surface area contributed by atoms with Crippen LogP contribution in [0.4, 0.5) is 0 Å². The predicted octanol–water partition coefficient (Wildman–Crippen LogP) is 5.94. The molecule has 158 valence electrons. The monoisotopic (exact) mass is 403 g/mol. The first-order chi connectivity index (χ1) is 13.0. The Balaban J connectivity index is 1.73. The van der Waals surface area contributed by atoms with Crippen LogP contribution in [0.1, 0.15) is 66.2 Å². The van der Waals surface area contributed by atoms with Crippen molar-refractivity contribution < 1.29 is 9.22 Å². The molecule has 3 nitrogen and oxygen atoms in total. The van der Waals surface area contributed by atoms with E-state index in [4.69, 9.17) is 4.43 Å². The highest BCUT2D eigenvalue weighted by molar-refractivity contribution is 6.74. The highest BCUT2D eigenvalue weighted by Crippen LogP contribution is 2.57. The molecule has 4 atom stereocenters. The number of rotatable bonds is 8. The minimum absolute atomic E-state index is 0.169. The number of carbonyl (C=O) groups is 1. The fraction of sp³-hybridized carbons (Fsp3) is 0.792. The van der Waals surface area contributed by atoms with Gasteiger partial charge in [-0.3, -0.25) is 4.79 Å². The Morgan fingerprint density at radius 1 is 1.39 bits per heavy atom. The number of allylic oxidation sites excluding steroid dienone is 2. The van der Waals surface area contributed by atoms with Gasteiger partial charge in [0.2, 0.25) is 0 Å². The minimum Gasteiger partial charge on any atom is -0.417 e. The Morgan fingerprint density at radius 3 is 2.75 bits per heavy atom. The van der Waals surface area contributed by atoms with Crippen molar-refractivity contribution in [1.29, 1.82) is 0 Å². The van der Waals surface area contributed by atoms with E-state index in [2.05, 4.69) is 58.5 Å². The second kappa shape index (κ2) is 7.75. The Kier molecular flexibility index (Phi) is 6.04. The molecule has 0 unspecified atom stereocenters. The smallest absolute Gasteiger partial charge is 0.191 e. The number of nitrogens with zero attached hydrogens (tertiary/aromatic N) is 1. The van der Waals surface area contributed by atoms with E-state index in [1.807, 2.05) is 6.08 Å². The first kappa shape index (κ1) is 21.8. The highest BCUT2D eigenvalue weighted by Gasteiger charge is 2.60. The topological polar surface area (TPSA) is 29.5 Å². The average molecular weight is 404 g/mol.